The Morgan fingerprint density at radius 2 is 1.16 bits per heavy atom. The number of hydrogen-bond acceptors (Lipinski definition) is 0. The van der Waals surface area contributed by atoms with Gasteiger partial charge in [-0.2, -0.15) is 0 Å². The number of benzene rings is 5. The highest BCUT2D eigenvalue weighted by molar-refractivity contribution is 7.00. The van der Waals surface area contributed by atoms with Gasteiger partial charge in [-0.3, -0.25) is 0 Å². The molecule has 0 aliphatic carbocycles. The normalized spacial score (nSPS) is 16.8. The number of aromatic nitrogens is 1. The molecule has 0 bridgehead atoms. The molecule has 38 heavy (non-hydrogen) atoms. The van der Waals surface area contributed by atoms with Crippen molar-refractivity contribution in [3.63, 3.8) is 0 Å². The third-order valence-electron chi connectivity index (χ3n) is 10.1. The van der Waals surface area contributed by atoms with Crippen LogP contribution < -0.4 is 16.4 Å². The average Bonchev–Trinajstić information content (AvgIpc) is 3.27. The SMILES string of the molecule is CC1(C)c2cccc3c2B2c4c1ccc(-c1ccccc1)c4-n1c4ccccc4c4ccc(c2c41)C3(C)C. The van der Waals surface area contributed by atoms with Gasteiger partial charge in [0.25, 0.3) is 0 Å². The maximum Gasteiger partial charge on any atom is 0.248 e. The fourth-order valence-corrected chi connectivity index (χ4v) is 8.38. The van der Waals surface area contributed by atoms with Crippen molar-refractivity contribution in [3.05, 3.63) is 119 Å². The van der Waals surface area contributed by atoms with E-state index in [1.165, 1.54) is 71.8 Å². The topological polar surface area (TPSA) is 4.93 Å². The van der Waals surface area contributed by atoms with Gasteiger partial charge in [-0.05, 0) is 44.8 Å². The highest BCUT2D eigenvalue weighted by Crippen LogP contribution is 2.47. The Morgan fingerprint density at radius 3 is 1.92 bits per heavy atom. The van der Waals surface area contributed by atoms with Gasteiger partial charge in [-0.15, -0.1) is 0 Å². The Hall–Kier alpha value is -4.04. The Kier molecular flexibility index (Phi) is 3.59. The van der Waals surface area contributed by atoms with Crippen LogP contribution in [-0.4, -0.2) is 11.3 Å². The van der Waals surface area contributed by atoms with Crippen molar-refractivity contribution in [3.8, 4) is 16.8 Å². The van der Waals surface area contributed by atoms with Crippen molar-refractivity contribution in [2.45, 2.75) is 38.5 Å². The van der Waals surface area contributed by atoms with E-state index in [2.05, 4.69) is 129 Å². The second-order valence-electron chi connectivity index (χ2n) is 12.5. The minimum absolute atomic E-state index is 0.0607. The molecule has 6 aromatic rings. The van der Waals surface area contributed by atoms with Crippen LogP contribution in [-0.2, 0) is 10.8 Å². The molecule has 1 nitrogen and oxygen atoms in total. The van der Waals surface area contributed by atoms with Crippen molar-refractivity contribution in [1.82, 2.24) is 4.57 Å². The molecule has 3 aliphatic rings. The number of fused-ring (bicyclic) bond motifs is 4. The number of nitrogens with zero attached hydrogens (tertiary/aromatic N) is 1. The summed E-state index contributed by atoms with van der Waals surface area (Å²) < 4.78 is 2.63. The molecular formula is C36H28BN. The first kappa shape index (κ1) is 21.0. The van der Waals surface area contributed by atoms with E-state index >= 15 is 0 Å². The Bertz CT molecular complexity index is 2010. The molecule has 2 heteroatoms. The van der Waals surface area contributed by atoms with Gasteiger partial charge >= 0.3 is 0 Å². The fraction of sp³-hybridized carbons (Fsp3) is 0.167. The van der Waals surface area contributed by atoms with E-state index in [0.717, 1.165) is 0 Å². The summed E-state index contributed by atoms with van der Waals surface area (Å²) in [4.78, 5) is 0. The summed E-state index contributed by atoms with van der Waals surface area (Å²) >= 11 is 0. The van der Waals surface area contributed by atoms with Crippen molar-refractivity contribution >= 4 is 44.9 Å². The summed E-state index contributed by atoms with van der Waals surface area (Å²) in [6.45, 7) is 9.99. The molecule has 3 aliphatic heterocycles. The van der Waals surface area contributed by atoms with Crippen molar-refractivity contribution in [1.29, 1.82) is 0 Å². The van der Waals surface area contributed by atoms with Crippen molar-refractivity contribution in [2.75, 3.05) is 0 Å². The van der Waals surface area contributed by atoms with E-state index < -0.39 is 0 Å². The van der Waals surface area contributed by atoms with Crippen LogP contribution in [0.15, 0.2) is 97.1 Å². The summed E-state index contributed by atoms with van der Waals surface area (Å²) in [5.74, 6) is 0. The molecule has 0 fully saturated rings. The zero-order chi connectivity index (χ0) is 25.6. The summed E-state index contributed by atoms with van der Waals surface area (Å²) in [7, 11) is 0. The highest BCUT2D eigenvalue weighted by Gasteiger charge is 2.52. The van der Waals surface area contributed by atoms with Crippen LogP contribution in [0, 0.1) is 0 Å². The van der Waals surface area contributed by atoms with Crippen LogP contribution in [0.25, 0.3) is 38.6 Å². The number of rotatable bonds is 1. The smallest absolute Gasteiger partial charge is 0.248 e. The second kappa shape index (κ2) is 6.50. The molecule has 0 radical (unpaired) electrons. The van der Waals surface area contributed by atoms with E-state index in [-0.39, 0.29) is 17.5 Å². The van der Waals surface area contributed by atoms with Gasteiger partial charge in [0.1, 0.15) is 0 Å². The highest BCUT2D eigenvalue weighted by atomic mass is 15.0. The summed E-state index contributed by atoms with van der Waals surface area (Å²) in [6, 6.07) is 36.8. The van der Waals surface area contributed by atoms with Gasteiger partial charge in [0.2, 0.25) is 6.71 Å². The number of hydrogen-bond donors (Lipinski definition) is 0. The van der Waals surface area contributed by atoms with Crippen LogP contribution in [0.1, 0.15) is 49.9 Å². The predicted octanol–water partition coefficient (Wildman–Crippen LogP) is 6.56. The molecule has 0 saturated carbocycles. The molecule has 9 rings (SSSR count). The fourth-order valence-electron chi connectivity index (χ4n) is 8.38. The van der Waals surface area contributed by atoms with Gasteiger partial charge in [0.15, 0.2) is 0 Å². The first-order valence-electron chi connectivity index (χ1n) is 13.8. The molecule has 4 heterocycles. The van der Waals surface area contributed by atoms with Gasteiger partial charge in [0, 0.05) is 38.4 Å². The predicted molar refractivity (Wildman–Crippen MR) is 162 cm³/mol. The molecular weight excluding hydrogens is 457 g/mol. The van der Waals surface area contributed by atoms with Crippen LogP contribution >= 0.6 is 0 Å². The molecule has 0 saturated heterocycles. The van der Waals surface area contributed by atoms with E-state index in [9.17, 15) is 0 Å². The number of para-hydroxylation sites is 1. The minimum Gasteiger partial charge on any atom is -0.310 e. The van der Waals surface area contributed by atoms with Crippen LogP contribution in [0.2, 0.25) is 0 Å². The Labute approximate surface area is 223 Å². The molecule has 0 amide bonds. The Morgan fingerprint density at radius 1 is 0.526 bits per heavy atom. The maximum atomic E-state index is 2.63. The molecule has 1 aromatic heterocycles. The van der Waals surface area contributed by atoms with E-state index in [1.807, 2.05) is 0 Å². The molecule has 0 N–H and O–H groups in total. The molecule has 180 valence electrons. The quantitative estimate of drug-likeness (QED) is 0.232. The molecule has 0 unspecified atom stereocenters. The maximum absolute atomic E-state index is 2.63. The third kappa shape index (κ3) is 2.17. The molecule has 5 aromatic carbocycles. The largest absolute Gasteiger partial charge is 0.310 e. The third-order valence-corrected chi connectivity index (χ3v) is 10.1. The Balaban J connectivity index is 1.60. The zero-order valence-corrected chi connectivity index (χ0v) is 22.3. The van der Waals surface area contributed by atoms with Crippen LogP contribution in [0.3, 0.4) is 0 Å². The zero-order valence-electron chi connectivity index (χ0n) is 22.3. The van der Waals surface area contributed by atoms with E-state index in [1.54, 1.807) is 5.46 Å². The van der Waals surface area contributed by atoms with Crippen LogP contribution in [0.5, 0.6) is 0 Å². The first-order valence-corrected chi connectivity index (χ1v) is 13.8. The lowest BCUT2D eigenvalue weighted by molar-refractivity contribution is 0.621. The van der Waals surface area contributed by atoms with E-state index in [0.29, 0.717) is 0 Å². The first-order chi connectivity index (χ1) is 18.4. The molecule has 0 atom stereocenters. The summed E-state index contributed by atoms with van der Waals surface area (Å²) in [5, 5.41) is 2.72. The molecule has 0 spiro atoms. The monoisotopic (exact) mass is 485 g/mol. The lowest BCUT2D eigenvalue weighted by Gasteiger charge is -2.49. The minimum atomic E-state index is -0.0803. The summed E-state index contributed by atoms with van der Waals surface area (Å²) in [5.41, 5.74) is 17.1. The van der Waals surface area contributed by atoms with Crippen LogP contribution in [0.4, 0.5) is 0 Å². The van der Waals surface area contributed by atoms with Gasteiger partial charge in [0.05, 0.1) is 5.52 Å². The standard InChI is InChI=1S/C36H28BN/c1-35(2)25-14-10-15-26-30(25)37-31-27(35)19-17-22(21-11-6-5-7-12-21)33(31)38-29-16-9-8-13-23(29)24-18-20-28(36(26,3)4)32(37)34(24)38/h5-20H,1-4H3. The average molecular weight is 485 g/mol. The van der Waals surface area contributed by atoms with Gasteiger partial charge in [-0.1, -0.05) is 124 Å². The second-order valence-corrected chi connectivity index (χ2v) is 12.5. The van der Waals surface area contributed by atoms with Gasteiger partial charge < -0.3 is 4.57 Å². The van der Waals surface area contributed by atoms with Crippen molar-refractivity contribution < 1.29 is 0 Å². The lowest BCUT2D eigenvalue weighted by Crippen LogP contribution is -2.68. The van der Waals surface area contributed by atoms with E-state index in [4.69, 9.17) is 0 Å². The lowest BCUT2D eigenvalue weighted by atomic mass is 9.26. The van der Waals surface area contributed by atoms with Crippen molar-refractivity contribution in [2.24, 2.45) is 0 Å². The van der Waals surface area contributed by atoms with Gasteiger partial charge in [-0.25, -0.2) is 0 Å². The summed E-state index contributed by atoms with van der Waals surface area (Å²) in [6.07, 6.45) is 0.